The molecule has 0 saturated heterocycles. The summed E-state index contributed by atoms with van der Waals surface area (Å²) in [6, 6.07) is -1.23. The highest BCUT2D eigenvalue weighted by Gasteiger charge is 2.20. The third kappa shape index (κ3) is 32.4. The first-order chi connectivity index (χ1) is 22.6. The first-order valence-corrected chi connectivity index (χ1v) is 16.5. The average Bonchev–Trinajstić information content (AvgIpc) is 3.01. The minimum atomic E-state index is -1.28. The van der Waals surface area contributed by atoms with Gasteiger partial charge in [0.2, 0.25) is 23.6 Å². The van der Waals surface area contributed by atoms with Gasteiger partial charge in [0, 0.05) is 32.4 Å². The molecule has 0 aromatic carbocycles. The van der Waals surface area contributed by atoms with Crippen LogP contribution in [0.2, 0.25) is 0 Å². The Morgan fingerprint density at radius 3 is 1.47 bits per heavy atom. The van der Waals surface area contributed by atoms with Crippen molar-refractivity contribution >= 4 is 35.6 Å². The van der Waals surface area contributed by atoms with Crippen molar-refractivity contribution < 1.29 is 57.9 Å². The predicted molar refractivity (Wildman–Crippen MR) is 170 cm³/mol. The maximum atomic E-state index is 11.9. The molecule has 0 radical (unpaired) electrons. The summed E-state index contributed by atoms with van der Waals surface area (Å²) >= 11 is 0. The van der Waals surface area contributed by atoms with Crippen molar-refractivity contribution in [1.29, 1.82) is 0 Å². The number of carbonyl (C=O) groups is 6. The third-order valence-corrected chi connectivity index (χ3v) is 6.70. The predicted octanol–water partition coefficient (Wildman–Crippen LogP) is 0.886. The average molecular weight is 677 g/mol. The van der Waals surface area contributed by atoms with E-state index in [-0.39, 0.29) is 83.9 Å². The van der Waals surface area contributed by atoms with Crippen molar-refractivity contribution in [2.24, 2.45) is 5.73 Å². The van der Waals surface area contributed by atoms with Gasteiger partial charge in [-0.3, -0.25) is 24.0 Å². The Hall–Kier alpha value is -3.34. The summed E-state index contributed by atoms with van der Waals surface area (Å²) in [6.07, 6.45) is 11.0. The van der Waals surface area contributed by atoms with Crippen molar-refractivity contribution in [3.63, 3.8) is 0 Å². The lowest BCUT2D eigenvalue weighted by Gasteiger charge is -2.13. The van der Waals surface area contributed by atoms with Gasteiger partial charge in [0.1, 0.15) is 19.3 Å². The molecule has 0 aromatic rings. The molecule has 0 aliphatic heterocycles. The highest BCUT2D eigenvalue weighted by molar-refractivity contribution is 5.84. The number of amides is 4. The second kappa shape index (κ2) is 31.3. The minimum absolute atomic E-state index is 0.00708. The molecular formula is C31H56N4O12. The standard InChI is InChI=1S/C31H56N4O12/c32-26(36)14-13-25(31(42)43)35-29(39)24-47-22-20-45-18-16-34-28(38)23-46-21-19-44-17-15-33-27(37)11-9-7-5-3-1-2-4-6-8-10-12-30(40)41/h25H,1-24H2,(H2,32,36)(H,33,37)(H,34,38)(H,35,39)(H,40,41)(H,42,43). The number of primary amides is 1. The quantitative estimate of drug-likeness (QED) is 0.0521. The number of ether oxygens (including phenoxy) is 4. The van der Waals surface area contributed by atoms with Crippen LogP contribution in [-0.4, -0.2) is 118 Å². The number of aliphatic carboxylic acids is 2. The van der Waals surface area contributed by atoms with Crippen molar-refractivity contribution in [2.45, 2.75) is 95.9 Å². The van der Waals surface area contributed by atoms with E-state index in [1.807, 2.05) is 0 Å². The first kappa shape index (κ1) is 43.7. The van der Waals surface area contributed by atoms with Crippen molar-refractivity contribution in [3.05, 3.63) is 0 Å². The Balaban J connectivity index is 3.45. The second-order valence-electron chi connectivity index (χ2n) is 10.9. The number of unbranched alkanes of at least 4 members (excludes halogenated alkanes) is 9. The normalized spacial score (nSPS) is 11.5. The SMILES string of the molecule is NC(=O)CCC(NC(=O)COCCOCCNC(=O)COCCOCCNC(=O)CCCCCCCCCCCCC(=O)O)C(=O)O. The van der Waals surface area contributed by atoms with Gasteiger partial charge in [-0.2, -0.15) is 0 Å². The Morgan fingerprint density at radius 1 is 0.532 bits per heavy atom. The summed E-state index contributed by atoms with van der Waals surface area (Å²) in [5.74, 6) is -3.62. The highest BCUT2D eigenvalue weighted by atomic mass is 16.5. The van der Waals surface area contributed by atoms with Crippen LogP contribution in [0.25, 0.3) is 0 Å². The number of carboxylic acids is 2. The van der Waals surface area contributed by atoms with Gasteiger partial charge in [0.15, 0.2) is 0 Å². The molecule has 1 unspecified atom stereocenters. The van der Waals surface area contributed by atoms with E-state index >= 15 is 0 Å². The van der Waals surface area contributed by atoms with Crippen LogP contribution in [0.15, 0.2) is 0 Å². The number of hydrogen-bond donors (Lipinski definition) is 6. The molecule has 0 spiro atoms. The van der Waals surface area contributed by atoms with Gasteiger partial charge in [0.05, 0.1) is 39.6 Å². The molecular weight excluding hydrogens is 620 g/mol. The van der Waals surface area contributed by atoms with E-state index in [0.29, 0.717) is 19.6 Å². The number of carboxylic acid groups (broad SMARTS) is 2. The Labute approximate surface area is 277 Å². The molecule has 0 heterocycles. The Bertz CT molecular complexity index is 891. The van der Waals surface area contributed by atoms with E-state index < -0.39 is 29.8 Å². The first-order valence-electron chi connectivity index (χ1n) is 16.5. The molecule has 1 atom stereocenters. The molecule has 0 fully saturated rings. The molecule has 0 aliphatic carbocycles. The van der Waals surface area contributed by atoms with Crippen molar-refractivity contribution in [2.75, 3.05) is 65.9 Å². The van der Waals surface area contributed by atoms with Crippen LogP contribution in [0.5, 0.6) is 0 Å². The summed E-state index contributed by atoms with van der Waals surface area (Å²) in [5.41, 5.74) is 4.99. The lowest BCUT2D eigenvalue weighted by atomic mass is 10.1. The summed E-state index contributed by atoms with van der Waals surface area (Å²) in [7, 11) is 0. The van der Waals surface area contributed by atoms with Gasteiger partial charge < -0.3 is 50.8 Å². The molecule has 47 heavy (non-hydrogen) atoms. The molecule has 16 heteroatoms. The summed E-state index contributed by atoms with van der Waals surface area (Å²) in [5, 5.41) is 25.4. The summed E-state index contributed by atoms with van der Waals surface area (Å²) in [4.78, 5) is 67.8. The van der Waals surface area contributed by atoms with Crippen LogP contribution in [-0.2, 0) is 47.7 Å². The molecule has 0 aromatic heterocycles. The zero-order valence-corrected chi connectivity index (χ0v) is 27.6. The largest absolute Gasteiger partial charge is 0.481 e. The van der Waals surface area contributed by atoms with E-state index in [4.69, 9.17) is 34.9 Å². The molecule has 272 valence electrons. The Kier molecular flexibility index (Phi) is 29.0. The number of rotatable bonds is 34. The molecule has 0 aliphatic rings. The highest BCUT2D eigenvalue weighted by Crippen LogP contribution is 2.12. The summed E-state index contributed by atoms with van der Waals surface area (Å²) < 4.78 is 21.1. The number of carbonyl (C=O) groups excluding carboxylic acids is 4. The van der Waals surface area contributed by atoms with Gasteiger partial charge in [-0.15, -0.1) is 0 Å². The monoisotopic (exact) mass is 676 g/mol. The molecule has 0 bridgehead atoms. The topological polar surface area (TPSA) is 242 Å². The number of nitrogens with one attached hydrogen (secondary N) is 3. The molecule has 4 amide bonds. The van der Waals surface area contributed by atoms with Crippen molar-refractivity contribution in [1.82, 2.24) is 16.0 Å². The van der Waals surface area contributed by atoms with Gasteiger partial charge in [0.25, 0.3) is 0 Å². The second-order valence-corrected chi connectivity index (χ2v) is 10.9. The molecule has 16 nitrogen and oxygen atoms in total. The van der Waals surface area contributed by atoms with E-state index in [1.165, 1.54) is 12.8 Å². The maximum Gasteiger partial charge on any atom is 0.326 e. The van der Waals surface area contributed by atoms with Gasteiger partial charge in [-0.05, 0) is 19.3 Å². The summed E-state index contributed by atoms with van der Waals surface area (Å²) in [6.45, 7) is 1.46. The Morgan fingerprint density at radius 2 is 0.979 bits per heavy atom. The van der Waals surface area contributed by atoms with E-state index in [9.17, 15) is 28.8 Å². The van der Waals surface area contributed by atoms with Crippen LogP contribution < -0.4 is 21.7 Å². The zero-order chi connectivity index (χ0) is 35.0. The van der Waals surface area contributed by atoms with E-state index in [2.05, 4.69) is 16.0 Å². The van der Waals surface area contributed by atoms with Gasteiger partial charge in [-0.1, -0.05) is 51.4 Å². The van der Waals surface area contributed by atoms with Crippen LogP contribution >= 0.6 is 0 Å². The number of hydrogen-bond acceptors (Lipinski definition) is 10. The molecule has 7 N–H and O–H groups in total. The fraction of sp³-hybridized carbons (Fsp3) is 0.806. The van der Waals surface area contributed by atoms with Crippen LogP contribution in [0.1, 0.15) is 89.9 Å². The van der Waals surface area contributed by atoms with E-state index in [0.717, 1.165) is 51.4 Å². The van der Waals surface area contributed by atoms with Crippen LogP contribution in [0.4, 0.5) is 0 Å². The fourth-order valence-electron chi connectivity index (χ4n) is 4.19. The lowest BCUT2D eigenvalue weighted by Crippen LogP contribution is -2.43. The maximum absolute atomic E-state index is 11.9. The third-order valence-electron chi connectivity index (χ3n) is 6.70. The number of nitrogens with two attached hydrogens (primary N) is 1. The van der Waals surface area contributed by atoms with E-state index in [1.54, 1.807) is 0 Å². The molecule has 0 rings (SSSR count). The minimum Gasteiger partial charge on any atom is -0.481 e. The van der Waals surface area contributed by atoms with Gasteiger partial charge >= 0.3 is 11.9 Å². The van der Waals surface area contributed by atoms with Crippen molar-refractivity contribution in [3.8, 4) is 0 Å². The fourth-order valence-corrected chi connectivity index (χ4v) is 4.19. The van der Waals surface area contributed by atoms with Crippen LogP contribution in [0, 0.1) is 0 Å². The molecule has 0 saturated carbocycles. The van der Waals surface area contributed by atoms with Crippen LogP contribution in [0.3, 0.4) is 0 Å². The smallest absolute Gasteiger partial charge is 0.326 e. The lowest BCUT2D eigenvalue weighted by molar-refractivity contribution is -0.143. The van der Waals surface area contributed by atoms with Gasteiger partial charge in [-0.25, -0.2) is 4.79 Å². The zero-order valence-electron chi connectivity index (χ0n) is 27.6.